The van der Waals surface area contributed by atoms with Gasteiger partial charge in [-0.15, -0.1) is 0 Å². The zero-order valence-electron chi connectivity index (χ0n) is 20.3. The van der Waals surface area contributed by atoms with Crippen molar-refractivity contribution in [2.45, 2.75) is 32.2 Å². The van der Waals surface area contributed by atoms with Crippen LogP contribution in [0, 0.1) is 5.82 Å². The molecule has 1 saturated carbocycles. The standard InChI is InChI=1S/C25H33FN4O5/c1-3-28-8-10-29(11-9-28)22-14-21-18(13-20(22)26)24(32)19(15-30(21)17-5-6-17)25(33)35-16-23(31)27-7-4-12-34-2/h13-15,17H,3-12,16H2,1-2H3,(H,27,31). The summed E-state index contributed by atoms with van der Waals surface area (Å²) in [5, 5.41) is 2.77. The number of rotatable bonds is 10. The maximum Gasteiger partial charge on any atom is 0.344 e. The summed E-state index contributed by atoms with van der Waals surface area (Å²) >= 11 is 0. The Morgan fingerprint density at radius 2 is 1.91 bits per heavy atom. The number of benzene rings is 1. The van der Waals surface area contributed by atoms with Crippen molar-refractivity contribution in [1.29, 1.82) is 0 Å². The molecule has 0 bridgehead atoms. The van der Waals surface area contributed by atoms with Crippen LogP contribution in [-0.2, 0) is 14.3 Å². The first-order valence-electron chi connectivity index (χ1n) is 12.2. The normalized spacial score (nSPS) is 16.5. The quantitative estimate of drug-likeness (QED) is 0.404. The van der Waals surface area contributed by atoms with Gasteiger partial charge in [-0.1, -0.05) is 6.92 Å². The SMILES string of the molecule is CCN1CCN(c2cc3c(cc2F)c(=O)c(C(=O)OCC(=O)NCCCOC)cn3C2CC2)CC1. The van der Waals surface area contributed by atoms with Crippen molar-refractivity contribution < 1.29 is 23.5 Å². The number of hydrogen-bond donors (Lipinski definition) is 1. The second-order valence-corrected chi connectivity index (χ2v) is 9.02. The van der Waals surface area contributed by atoms with Crippen LogP contribution >= 0.6 is 0 Å². The number of methoxy groups -OCH3 is 1. The van der Waals surface area contributed by atoms with E-state index in [9.17, 15) is 14.4 Å². The van der Waals surface area contributed by atoms with E-state index in [0.29, 0.717) is 43.9 Å². The van der Waals surface area contributed by atoms with Crippen LogP contribution in [0.1, 0.15) is 42.6 Å². The smallest absolute Gasteiger partial charge is 0.344 e. The van der Waals surface area contributed by atoms with Crippen LogP contribution in [0.15, 0.2) is 23.1 Å². The minimum Gasteiger partial charge on any atom is -0.452 e. The number of fused-ring (bicyclic) bond motifs is 1. The molecule has 1 amide bonds. The lowest BCUT2D eigenvalue weighted by molar-refractivity contribution is -0.124. The second kappa shape index (κ2) is 11.2. The summed E-state index contributed by atoms with van der Waals surface area (Å²) in [5.74, 6) is -1.84. The molecule has 0 atom stereocenters. The molecule has 1 N–H and O–H groups in total. The van der Waals surface area contributed by atoms with E-state index in [1.54, 1.807) is 13.2 Å². The van der Waals surface area contributed by atoms with Crippen molar-refractivity contribution in [3.05, 3.63) is 39.9 Å². The summed E-state index contributed by atoms with van der Waals surface area (Å²) in [5.41, 5.74) is 0.297. The van der Waals surface area contributed by atoms with Crippen LogP contribution in [0.5, 0.6) is 0 Å². The first-order chi connectivity index (χ1) is 16.9. The van der Waals surface area contributed by atoms with E-state index in [1.807, 2.05) is 9.47 Å². The number of nitrogens with zero attached hydrogens (tertiary/aromatic N) is 3. The lowest BCUT2D eigenvalue weighted by Gasteiger charge is -2.35. The van der Waals surface area contributed by atoms with Crippen molar-refractivity contribution in [3.63, 3.8) is 0 Å². The molecule has 1 aromatic heterocycles. The Bertz CT molecular complexity index is 1140. The van der Waals surface area contributed by atoms with Gasteiger partial charge in [0.05, 0.1) is 11.2 Å². The zero-order valence-corrected chi connectivity index (χ0v) is 20.3. The minimum absolute atomic E-state index is 0.142. The van der Waals surface area contributed by atoms with Gasteiger partial charge in [0.1, 0.15) is 11.4 Å². The number of amides is 1. The van der Waals surface area contributed by atoms with E-state index in [2.05, 4.69) is 17.1 Å². The van der Waals surface area contributed by atoms with E-state index in [1.165, 1.54) is 12.3 Å². The van der Waals surface area contributed by atoms with Crippen molar-refractivity contribution in [1.82, 2.24) is 14.8 Å². The summed E-state index contributed by atoms with van der Waals surface area (Å²) in [6.07, 6.45) is 3.96. The number of pyridine rings is 1. The van der Waals surface area contributed by atoms with Crippen molar-refractivity contribution in [3.8, 4) is 0 Å². The Balaban J connectivity index is 1.56. The van der Waals surface area contributed by atoms with Crippen LogP contribution < -0.4 is 15.6 Å². The van der Waals surface area contributed by atoms with Crippen LogP contribution in [-0.4, -0.2) is 80.9 Å². The summed E-state index contributed by atoms with van der Waals surface area (Å²) in [6.45, 7) is 6.60. The summed E-state index contributed by atoms with van der Waals surface area (Å²) < 4.78 is 27.1. The molecule has 0 spiro atoms. The van der Waals surface area contributed by atoms with Crippen LogP contribution in [0.2, 0.25) is 0 Å². The maximum atomic E-state index is 15.2. The van der Waals surface area contributed by atoms with Crippen LogP contribution in [0.4, 0.5) is 10.1 Å². The first-order valence-corrected chi connectivity index (χ1v) is 12.2. The minimum atomic E-state index is -0.890. The van der Waals surface area contributed by atoms with Gasteiger partial charge in [0.15, 0.2) is 6.61 Å². The molecule has 2 aliphatic rings. The van der Waals surface area contributed by atoms with Gasteiger partial charge in [-0.25, -0.2) is 9.18 Å². The fourth-order valence-corrected chi connectivity index (χ4v) is 4.41. The number of likely N-dealkylation sites (N-methyl/N-ethyl adjacent to an activating group) is 1. The molecule has 0 unspecified atom stereocenters. The molecule has 1 aliphatic heterocycles. The summed E-state index contributed by atoms with van der Waals surface area (Å²) in [4.78, 5) is 42.1. The molecule has 35 heavy (non-hydrogen) atoms. The van der Waals surface area contributed by atoms with Gasteiger partial charge in [-0.3, -0.25) is 9.59 Å². The number of aromatic nitrogens is 1. The largest absolute Gasteiger partial charge is 0.452 e. The van der Waals surface area contributed by atoms with Crippen molar-refractivity contribution in [2.24, 2.45) is 0 Å². The predicted molar refractivity (Wildman–Crippen MR) is 131 cm³/mol. The molecular weight excluding hydrogens is 455 g/mol. The molecular formula is C25H33FN4O5. The van der Waals surface area contributed by atoms with Crippen LogP contribution in [0.3, 0.4) is 0 Å². The van der Waals surface area contributed by atoms with E-state index in [-0.39, 0.29) is 17.0 Å². The van der Waals surface area contributed by atoms with Crippen molar-refractivity contribution in [2.75, 3.05) is 64.5 Å². The third-order valence-electron chi connectivity index (χ3n) is 6.60. The average molecular weight is 489 g/mol. The Kier molecular flexibility index (Phi) is 8.02. The number of halogens is 1. The Morgan fingerprint density at radius 3 is 2.57 bits per heavy atom. The third-order valence-corrected chi connectivity index (χ3v) is 6.60. The van der Waals surface area contributed by atoms with E-state index < -0.39 is 29.7 Å². The van der Waals surface area contributed by atoms with Crippen molar-refractivity contribution >= 4 is 28.5 Å². The van der Waals surface area contributed by atoms with E-state index in [4.69, 9.17) is 9.47 Å². The first kappa shape index (κ1) is 25.1. The number of ether oxygens (including phenoxy) is 2. The molecule has 9 nitrogen and oxygen atoms in total. The third kappa shape index (κ3) is 5.82. The van der Waals surface area contributed by atoms with E-state index in [0.717, 1.165) is 32.5 Å². The number of carbonyl (C=O) groups excluding carboxylic acids is 2. The molecule has 190 valence electrons. The highest BCUT2D eigenvalue weighted by Gasteiger charge is 2.29. The molecule has 2 fully saturated rings. The fraction of sp³-hybridized carbons (Fsp3) is 0.560. The molecule has 1 aliphatic carbocycles. The zero-order chi connectivity index (χ0) is 24.9. The van der Waals surface area contributed by atoms with Gasteiger partial charge >= 0.3 is 5.97 Å². The highest BCUT2D eigenvalue weighted by molar-refractivity contribution is 5.95. The van der Waals surface area contributed by atoms with Gasteiger partial charge in [0.2, 0.25) is 5.43 Å². The number of carbonyl (C=O) groups is 2. The lowest BCUT2D eigenvalue weighted by Crippen LogP contribution is -2.46. The Morgan fingerprint density at radius 1 is 1.17 bits per heavy atom. The number of piperazine rings is 1. The maximum absolute atomic E-state index is 15.2. The molecule has 4 rings (SSSR count). The molecule has 1 aromatic carbocycles. The highest BCUT2D eigenvalue weighted by atomic mass is 19.1. The summed E-state index contributed by atoms with van der Waals surface area (Å²) in [7, 11) is 1.57. The number of anilines is 1. The van der Waals surface area contributed by atoms with E-state index >= 15 is 4.39 Å². The van der Waals surface area contributed by atoms with Gasteiger partial charge < -0.3 is 29.2 Å². The fourth-order valence-electron chi connectivity index (χ4n) is 4.41. The number of hydrogen-bond acceptors (Lipinski definition) is 7. The monoisotopic (exact) mass is 488 g/mol. The van der Waals surface area contributed by atoms with Gasteiger partial charge in [-0.2, -0.15) is 0 Å². The lowest BCUT2D eigenvalue weighted by atomic mass is 10.1. The Labute approximate surface area is 203 Å². The molecule has 1 saturated heterocycles. The number of nitrogens with one attached hydrogen (secondary N) is 1. The number of esters is 1. The molecule has 0 radical (unpaired) electrons. The highest BCUT2D eigenvalue weighted by Crippen LogP contribution is 2.38. The van der Waals surface area contributed by atoms with Gasteiger partial charge in [-0.05, 0) is 37.9 Å². The topological polar surface area (TPSA) is 93.1 Å². The average Bonchev–Trinajstić information content (AvgIpc) is 3.71. The summed E-state index contributed by atoms with van der Waals surface area (Å²) in [6, 6.07) is 3.11. The molecule has 2 aromatic rings. The van der Waals surface area contributed by atoms with Crippen LogP contribution in [0.25, 0.3) is 10.9 Å². The van der Waals surface area contributed by atoms with Gasteiger partial charge in [0.25, 0.3) is 5.91 Å². The Hall–Kier alpha value is -2.98. The molecule has 10 heteroatoms. The molecule has 2 heterocycles. The second-order valence-electron chi connectivity index (χ2n) is 9.02. The van der Waals surface area contributed by atoms with Gasteiger partial charge in [0, 0.05) is 64.1 Å². The predicted octanol–water partition coefficient (Wildman–Crippen LogP) is 1.93.